The molecule has 0 aliphatic heterocycles. The van der Waals surface area contributed by atoms with E-state index in [0.29, 0.717) is 12.1 Å². The van der Waals surface area contributed by atoms with Crippen LogP contribution in [0.1, 0.15) is 30.5 Å². The Bertz CT molecular complexity index is 850. The predicted octanol–water partition coefficient (Wildman–Crippen LogP) is 2.88. The van der Waals surface area contributed by atoms with Crippen LogP contribution in [0.25, 0.3) is 0 Å². The lowest BCUT2D eigenvalue weighted by Gasteiger charge is -2.28. The molecule has 0 fully saturated rings. The van der Waals surface area contributed by atoms with Gasteiger partial charge in [-0.15, -0.1) is 0 Å². The molecular weight excluding hydrogens is 362 g/mol. The van der Waals surface area contributed by atoms with E-state index >= 15 is 0 Å². The van der Waals surface area contributed by atoms with Crippen molar-refractivity contribution >= 4 is 21.8 Å². The van der Waals surface area contributed by atoms with Crippen molar-refractivity contribution in [1.29, 1.82) is 0 Å². The molecule has 2 aromatic rings. The maximum absolute atomic E-state index is 12.7. The molecular formula is C20H27N3O3S. The van der Waals surface area contributed by atoms with Gasteiger partial charge in [0.25, 0.3) is 0 Å². The summed E-state index contributed by atoms with van der Waals surface area (Å²) in [5, 5.41) is 2.95. The third-order valence-corrected chi connectivity index (χ3v) is 6.11. The van der Waals surface area contributed by atoms with Crippen LogP contribution in [0.5, 0.6) is 0 Å². The van der Waals surface area contributed by atoms with Crippen LogP contribution in [-0.2, 0) is 15.0 Å². The maximum atomic E-state index is 12.7. The minimum Gasteiger partial charge on any atom is -0.348 e. The molecule has 0 aliphatic rings. The third-order valence-electron chi connectivity index (χ3n) is 4.29. The summed E-state index contributed by atoms with van der Waals surface area (Å²) < 4.78 is 27.6. The fourth-order valence-corrected chi connectivity index (χ4v) is 3.75. The first kappa shape index (κ1) is 20.9. The molecule has 0 radical (unpaired) electrons. The maximum Gasteiger partial charge on any atom is 0.304 e. The first-order valence-electron chi connectivity index (χ1n) is 8.87. The molecule has 0 aliphatic carbocycles. The number of para-hydroxylation sites is 1. The Kier molecular flexibility index (Phi) is 6.98. The molecule has 27 heavy (non-hydrogen) atoms. The van der Waals surface area contributed by atoms with Gasteiger partial charge in [0.2, 0.25) is 5.91 Å². The molecule has 146 valence electrons. The zero-order valence-corrected chi connectivity index (χ0v) is 17.0. The van der Waals surface area contributed by atoms with E-state index < -0.39 is 10.2 Å². The number of amides is 1. The van der Waals surface area contributed by atoms with Gasteiger partial charge in [0.05, 0.1) is 11.7 Å². The van der Waals surface area contributed by atoms with Crippen LogP contribution in [0.2, 0.25) is 0 Å². The highest BCUT2D eigenvalue weighted by molar-refractivity contribution is 7.90. The average molecular weight is 390 g/mol. The van der Waals surface area contributed by atoms with Crippen molar-refractivity contribution in [2.45, 2.75) is 26.3 Å². The van der Waals surface area contributed by atoms with Crippen LogP contribution in [-0.4, -0.2) is 39.3 Å². The van der Waals surface area contributed by atoms with Gasteiger partial charge in [-0.3, -0.25) is 4.79 Å². The minimum absolute atomic E-state index is 0.169. The molecule has 0 saturated heterocycles. The van der Waals surface area contributed by atoms with E-state index in [9.17, 15) is 13.2 Å². The van der Waals surface area contributed by atoms with E-state index in [1.165, 1.54) is 14.1 Å². The van der Waals surface area contributed by atoms with Crippen LogP contribution in [0, 0.1) is 6.92 Å². The first-order chi connectivity index (χ1) is 12.8. The van der Waals surface area contributed by atoms with Gasteiger partial charge in [-0.2, -0.15) is 12.7 Å². The Hall–Kier alpha value is -2.38. The molecule has 0 heterocycles. The fraction of sp³-hybridized carbons (Fsp3) is 0.350. The van der Waals surface area contributed by atoms with Crippen molar-refractivity contribution in [2.24, 2.45) is 0 Å². The topological polar surface area (TPSA) is 69.7 Å². The van der Waals surface area contributed by atoms with Gasteiger partial charge < -0.3 is 5.32 Å². The van der Waals surface area contributed by atoms with Crippen molar-refractivity contribution in [3.05, 3.63) is 65.7 Å². The van der Waals surface area contributed by atoms with Gasteiger partial charge in [-0.25, -0.2) is 4.31 Å². The summed E-state index contributed by atoms with van der Waals surface area (Å²) in [6.07, 6.45) is 0.709. The molecule has 2 aromatic carbocycles. The molecule has 7 heteroatoms. The molecule has 6 nitrogen and oxygen atoms in total. The number of nitrogens with one attached hydrogen (secondary N) is 1. The lowest BCUT2D eigenvalue weighted by molar-refractivity contribution is -0.120. The Morgan fingerprint density at radius 3 is 2.15 bits per heavy atom. The van der Waals surface area contributed by atoms with Crippen LogP contribution in [0.4, 0.5) is 5.69 Å². The van der Waals surface area contributed by atoms with Crippen molar-refractivity contribution in [3.63, 3.8) is 0 Å². The SMILES string of the molecule is CCC(NC(=O)CN(c1ccccc1)S(=O)(=O)N(C)C)c1ccc(C)cc1. The quantitative estimate of drug-likeness (QED) is 0.755. The molecule has 2 rings (SSSR count). The smallest absolute Gasteiger partial charge is 0.304 e. The summed E-state index contributed by atoms with van der Waals surface area (Å²) in [5.74, 6) is -0.350. The Morgan fingerprint density at radius 1 is 1.04 bits per heavy atom. The summed E-state index contributed by atoms with van der Waals surface area (Å²) in [4.78, 5) is 12.7. The highest BCUT2D eigenvalue weighted by Crippen LogP contribution is 2.20. The molecule has 1 atom stereocenters. The van der Waals surface area contributed by atoms with E-state index in [0.717, 1.165) is 19.7 Å². The van der Waals surface area contributed by atoms with Crippen LogP contribution < -0.4 is 9.62 Å². The molecule has 1 amide bonds. The Morgan fingerprint density at radius 2 is 1.63 bits per heavy atom. The molecule has 0 aromatic heterocycles. The second-order valence-corrected chi connectivity index (χ2v) is 8.64. The number of carbonyl (C=O) groups excluding carboxylic acids is 1. The highest BCUT2D eigenvalue weighted by Gasteiger charge is 2.27. The normalized spacial score (nSPS) is 12.6. The van der Waals surface area contributed by atoms with Crippen molar-refractivity contribution in [3.8, 4) is 0 Å². The van der Waals surface area contributed by atoms with E-state index in [1.54, 1.807) is 30.3 Å². The number of hydrogen-bond donors (Lipinski definition) is 1. The van der Waals surface area contributed by atoms with Gasteiger partial charge in [-0.1, -0.05) is 55.0 Å². The second kappa shape index (κ2) is 9.01. The number of nitrogens with zero attached hydrogens (tertiary/aromatic N) is 2. The van der Waals surface area contributed by atoms with E-state index in [1.807, 2.05) is 38.1 Å². The van der Waals surface area contributed by atoms with Crippen LogP contribution in [0.15, 0.2) is 54.6 Å². The average Bonchev–Trinajstić information content (AvgIpc) is 2.65. The predicted molar refractivity (Wildman–Crippen MR) is 109 cm³/mol. The molecule has 0 bridgehead atoms. The summed E-state index contributed by atoms with van der Waals surface area (Å²) in [6, 6.07) is 16.4. The minimum atomic E-state index is -3.79. The summed E-state index contributed by atoms with van der Waals surface area (Å²) in [6.45, 7) is 3.70. The van der Waals surface area contributed by atoms with Crippen molar-refractivity contribution < 1.29 is 13.2 Å². The van der Waals surface area contributed by atoms with Gasteiger partial charge in [0, 0.05) is 14.1 Å². The van der Waals surface area contributed by atoms with E-state index in [-0.39, 0.29) is 18.5 Å². The first-order valence-corrected chi connectivity index (χ1v) is 10.3. The summed E-state index contributed by atoms with van der Waals surface area (Å²) in [5.41, 5.74) is 2.59. The van der Waals surface area contributed by atoms with Gasteiger partial charge in [-0.05, 0) is 31.0 Å². The Balaban J connectivity index is 2.21. The largest absolute Gasteiger partial charge is 0.348 e. The fourth-order valence-electron chi connectivity index (χ4n) is 2.69. The van der Waals surface area contributed by atoms with Gasteiger partial charge in [0.15, 0.2) is 0 Å². The van der Waals surface area contributed by atoms with Crippen LogP contribution in [0.3, 0.4) is 0 Å². The lowest BCUT2D eigenvalue weighted by atomic mass is 10.0. The number of rotatable bonds is 8. The molecule has 0 spiro atoms. The van der Waals surface area contributed by atoms with Gasteiger partial charge >= 0.3 is 10.2 Å². The number of anilines is 1. The van der Waals surface area contributed by atoms with Crippen LogP contribution >= 0.6 is 0 Å². The Labute approximate surface area is 162 Å². The van der Waals surface area contributed by atoms with Crippen molar-refractivity contribution in [1.82, 2.24) is 9.62 Å². The second-order valence-electron chi connectivity index (χ2n) is 6.57. The summed E-state index contributed by atoms with van der Waals surface area (Å²) >= 11 is 0. The van der Waals surface area contributed by atoms with Crippen molar-refractivity contribution in [2.75, 3.05) is 24.9 Å². The van der Waals surface area contributed by atoms with E-state index in [4.69, 9.17) is 0 Å². The van der Waals surface area contributed by atoms with Gasteiger partial charge in [0.1, 0.15) is 6.54 Å². The number of aryl methyl sites for hydroxylation is 1. The lowest BCUT2D eigenvalue weighted by Crippen LogP contribution is -2.46. The zero-order chi connectivity index (χ0) is 20.0. The molecule has 1 N–H and O–H groups in total. The monoisotopic (exact) mass is 389 g/mol. The number of carbonyl (C=O) groups is 1. The number of benzene rings is 2. The molecule has 1 unspecified atom stereocenters. The molecule has 0 saturated carbocycles. The highest BCUT2D eigenvalue weighted by atomic mass is 32.2. The zero-order valence-electron chi connectivity index (χ0n) is 16.2. The number of hydrogen-bond acceptors (Lipinski definition) is 3. The third kappa shape index (κ3) is 5.30. The standard InChI is InChI=1S/C20H27N3O3S/c1-5-19(17-13-11-16(2)12-14-17)21-20(24)15-23(27(25,26)22(3)4)18-9-7-6-8-10-18/h6-14,19H,5,15H2,1-4H3,(H,21,24). The van der Waals surface area contributed by atoms with E-state index in [2.05, 4.69) is 5.32 Å². The summed E-state index contributed by atoms with van der Waals surface area (Å²) in [7, 11) is -0.897.